The van der Waals surface area contributed by atoms with E-state index < -0.39 is 0 Å². The van der Waals surface area contributed by atoms with Crippen LogP contribution in [0.15, 0.2) is 42.6 Å². The molecule has 0 aliphatic carbocycles. The Morgan fingerprint density at radius 3 is 2.55 bits per heavy atom. The molecule has 2 rings (SSSR count). The first-order valence-corrected chi connectivity index (χ1v) is 6.78. The number of aromatic nitrogens is 1. The van der Waals surface area contributed by atoms with Crippen molar-refractivity contribution in [2.75, 3.05) is 25.6 Å². The van der Waals surface area contributed by atoms with Crippen molar-refractivity contribution in [3.8, 4) is 5.75 Å². The van der Waals surface area contributed by atoms with Gasteiger partial charge in [-0.1, -0.05) is 6.92 Å². The van der Waals surface area contributed by atoms with Crippen LogP contribution in [0, 0.1) is 0 Å². The fourth-order valence-electron chi connectivity index (χ4n) is 1.98. The highest BCUT2D eigenvalue weighted by Gasteiger charge is 2.05. The minimum absolute atomic E-state index is 0.792. The number of nitrogens with zero attached hydrogens (tertiary/aromatic N) is 2. The average Bonchev–Trinajstić information content (AvgIpc) is 2.52. The van der Waals surface area contributed by atoms with E-state index in [1.807, 2.05) is 43.6 Å². The van der Waals surface area contributed by atoms with Gasteiger partial charge in [0.05, 0.1) is 12.8 Å². The predicted molar refractivity (Wildman–Crippen MR) is 82.7 cm³/mol. The van der Waals surface area contributed by atoms with E-state index in [0.29, 0.717) is 0 Å². The van der Waals surface area contributed by atoms with E-state index in [9.17, 15) is 0 Å². The minimum Gasteiger partial charge on any atom is -0.497 e. The number of anilines is 2. The first-order valence-electron chi connectivity index (χ1n) is 6.78. The van der Waals surface area contributed by atoms with Crippen molar-refractivity contribution in [1.29, 1.82) is 0 Å². The van der Waals surface area contributed by atoms with Crippen LogP contribution in [0.2, 0.25) is 0 Å². The summed E-state index contributed by atoms with van der Waals surface area (Å²) in [5.41, 5.74) is 3.29. The van der Waals surface area contributed by atoms with Crippen molar-refractivity contribution in [2.24, 2.45) is 0 Å². The molecule has 1 aromatic heterocycles. The molecule has 2 aromatic rings. The molecule has 0 bridgehead atoms. The molecule has 0 saturated carbocycles. The van der Waals surface area contributed by atoms with E-state index >= 15 is 0 Å². The minimum atomic E-state index is 0.792. The van der Waals surface area contributed by atoms with Gasteiger partial charge in [0.1, 0.15) is 5.75 Å². The number of nitrogens with one attached hydrogen (secondary N) is 1. The van der Waals surface area contributed by atoms with Crippen molar-refractivity contribution < 1.29 is 4.74 Å². The van der Waals surface area contributed by atoms with Crippen LogP contribution in [-0.2, 0) is 6.54 Å². The van der Waals surface area contributed by atoms with Crippen LogP contribution >= 0.6 is 0 Å². The van der Waals surface area contributed by atoms with Crippen LogP contribution in [-0.4, -0.2) is 25.7 Å². The molecule has 0 fully saturated rings. The summed E-state index contributed by atoms with van der Waals surface area (Å²) in [6.45, 7) is 3.83. The Hall–Kier alpha value is -2.07. The molecule has 0 aliphatic rings. The largest absolute Gasteiger partial charge is 0.497 e. The van der Waals surface area contributed by atoms with E-state index in [1.165, 1.54) is 0 Å². The lowest BCUT2D eigenvalue weighted by Gasteiger charge is -2.20. The molecule has 1 aromatic carbocycles. The molecule has 106 valence electrons. The van der Waals surface area contributed by atoms with Crippen LogP contribution in [0.1, 0.15) is 12.6 Å². The van der Waals surface area contributed by atoms with E-state index in [0.717, 1.165) is 35.9 Å². The summed E-state index contributed by atoms with van der Waals surface area (Å²) in [4.78, 5) is 6.51. The van der Waals surface area contributed by atoms with Gasteiger partial charge in [-0.3, -0.25) is 4.98 Å². The van der Waals surface area contributed by atoms with Crippen molar-refractivity contribution >= 4 is 11.4 Å². The molecule has 0 spiro atoms. The molecule has 0 atom stereocenters. The molecule has 0 saturated heterocycles. The molecule has 0 radical (unpaired) electrons. The number of pyridine rings is 1. The Labute approximate surface area is 120 Å². The summed E-state index contributed by atoms with van der Waals surface area (Å²) in [5, 5.41) is 3.29. The van der Waals surface area contributed by atoms with Gasteiger partial charge in [0.25, 0.3) is 0 Å². The summed E-state index contributed by atoms with van der Waals surface area (Å²) in [5.74, 6) is 0.865. The number of methoxy groups -OCH3 is 1. The summed E-state index contributed by atoms with van der Waals surface area (Å²) < 4.78 is 5.18. The predicted octanol–water partition coefficient (Wildman–Crippen LogP) is 2.97. The second-order valence-electron chi connectivity index (χ2n) is 4.54. The highest BCUT2D eigenvalue weighted by atomic mass is 16.5. The van der Waals surface area contributed by atoms with E-state index in [-0.39, 0.29) is 0 Å². The van der Waals surface area contributed by atoms with Crippen molar-refractivity contribution in [3.63, 3.8) is 0 Å². The Balaban J connectivity index is 2.16. The van der Waals surface area contributed by atoms with Gasteiger partial charge in [0, 0.05) is 31.2 Å². The summed E-state index contributed by atoms with van der Waals surface area (Å²) in [7, 11) is 3.72. The van der Waals surface area contributed by atoms with Gasteiger partial charge in [0.2, 0.25) is 0 Å². The normalized spacial score (nSPS) is 10.3. The van der Waals surface area contributed by atoms with E-state index in [4.69, 9.17) is 4.74 Å². The third-order valence-corrected chi connectivity index (χ3v) is 3.20. The van der Waals surface area contributed by atoms with Crippen molar-refractivity contribution in [3.05, 3.63) is 48.3 Å². The Morgan fingerprint density at radius 2 is 1.90 bits per heavy atom. The zero-order valence-corrected chi connectivity index (χ0v) is 12.3. The lowest BCUT2D eigenvalue weighted by molar-refractivity contribution is 0.415. The molecular weight excluding hydrogens is 250 g/mol. The van der Waals surface area contributed by atoms with Gasteiger partial charge in [-0.15, -0.1) is 0 Å². The quantitative estimate of drug-likeness (QED) is 0.876. The number of ether oxygens (including phenoxy) is 1. The molecule has 0 unspecified atom stereocenters. The number of hydrogen-bond donors (Lipinski definition) is 1. The molecule has 4 nitrogen and oxygen atoms in total. The van der Waals surface area contributed by atoms with Gasteiger partial charge in [-0.05, 0) is 42.9 Å². The molecule has 1 N–H and O–H groups in total. The zero-order valence-electron chi connectivity index (χ0n) is 12.3. The smallest absolute Gasteiger partial charge is 0.119 e. The number of benzene rings is 1. The maximum atomic E-state index is 5.18. The third-order valence-electron chi connectivity index (χ3n) is 3.20. The molecule has 0 aliphatic heterocycles. The Kier molecular flexibility index (Phi) is 4.96. The molecule has 0 amide bonds. The highest BCUT2D eigenvalue weighted by Crippen LogP contribution is 2.25. The monoisotopic (exact) mass is 271 g/mol. The summed E-state index contributed by atoms with van der Waals surface area (Å²) in [6, 6.07) is 12.1. The van der Waals surface area contributed by atoms with Crippen LogP contribution in [0.5, 0.6) is 5.75 Å². The van der Waals surface area contributed by atoms with Crippen molar-refractivity contribution in [2.45, 2.75) is 13.5 Å². The number of hydrogen-bond acceptors (Lipinski definition) is 4. The van der Waals surface area contributed by atoms with Crippen LogP contribution in [0.25, 0.3) is 0 Å². The van der Waals surface area contributed by atoms with Crippen LogP contribution in [0.3, 0.4) is 0 Å². The summed E-state index contributed by atoms with van der Waals surface area (Å²) in [6.07, 6.45) is 1.85. The van der Waals surface area contributed by atoms with Crippen LogP contribution < -0.4 is 15.0 Å². The maximum Gasteiger partial charge on any atom is 0.119 e. The first kappa shape index (κ1) is 14.3. The van der Waals surface area contributed by atoms with E-state index in [1.54, 1.807) is 7.11 Å². The van der Waals surface area contributed by atoms with Crippen molar-refractivity contribution in [1.82, 2.24) is 10.3 Å². The second-order valence-corrected chi connectivity index (χ2v) is 4.54. The average molecular weight is 271 g/mol. The fraction of sp³-hybridized carbons (Fsp3) is 0.312. The zero-order chi connectivity index (χ0) is 14.4. The standard InChI is InChI=1S/C16H21N3O/c1-4-17-12-13-11-15(9-10-18-13)19(2)14-5-7-16(20-3)8-6-14/h5-11,17H,4,12H2,1-3H3. The lowest BCUT2D eigenvalue weighted by Crippen LogP contribution is -2.14. The topological polar surface area (TPSA) is 37.4 Å². The summed E-state index contributed by atoms with van der Waals surface area (Å²) >= 11 is 0. The number of rotatable bonds is 6. The fourth-order valence-corrected chi connectivity index (χ4v) is 1.98. The van der Waals surface area contributed by atoms with Crippen LogP contribution in [0.4, 0.5) is 11.4 Å². The van der Waals surface area contributed by atoms with Gasteiger partial charge in [-0.2, -0.15) is 0 Å². The SMILES string of the molecule is CCNCc1cc(N(C)c2ccc(OC)cc2)ccn1. The maximum absolute atomic E-state index is 5.18. The van der Waals surface area contributed by atoms with Gasteiger partial charge >= 0.3 is 0 Å². The molecule has 20 heavy (non-hydrogen) atoms. The molecule has 1 heterocycles. The third kappa shape index (κ3) is 3.48. The van der Waals surface area contributed by atoms with E-state index in [2.05, 4.69) is 28.2 Å². The lowest BCUT2D eigenvalue weighted by atomic mass is 10.2. The Morgan fingerprint density at radius 1 is 1.15 bits per heavy atom. The molecular formula is C16H21N3O. The first-order chi connectivity index (χ1) is 9.74. The van der Waals surface area contributed by atoms with Gasteiger partial charge in [0.15, 0.2) is 0 Å². The van der Waals surface area contributed by atoms with Gasteiger partial charge < -0.3 is 15.0 Å². The molecule has 4 heteroatoms. The van der Waals surface area contributed by atoms with Gasteiger partial charge in [-0.25, -0.2) is 0 Å². The highest BCUT2D eigenvalue weighted by molar-refractivity contribution is 5.63. The Bertz CT molecular complexity index is 540. The second kappa shape index (κ2) is 6.91.